The molecule has 1 atom stereocenters. The number of carbonyl (C=O) groups excluding carboxylic acids is 2. The Morgan fingerprint density at radius 3 is 2.39 bits per heavy atom. The number of benzene rings is 4. The van der Waals surface area contributed by atoms with E-state index in [1.807, 2.05) is 18.2 Å². The predicted octanol–water partition coefficient (Wildman–Crippen LogP) is 6.23. The largest absolute Gasteiger partial charge is 0.457 e. The SMILES string of the molecule is CN1C(=O)C(Cc2ccc(-c3ccccc3)cc2)Cc2cc(C(=O)OCc3cccc(F)c3)ccc21. The number of fused-ring (bicyclic) bond motifs is 1. The van der Waals surface area contributed by atoms with Gasteiger partial charge in [0.15, 0.2) is 0 Å². The summed E-state index contributed by atoms with van der Waals surface area (Å²) < 4.78 is 18.8. The van der Waals surface area contributed by atoms with Crippen LogP contribution in [0.1, 0.15) is 27.0 Å². The zero-order chi connectivity index (χ0) is 25.1. The van der Waals surface area contributed by atoms with Gasteiger partial charge in [-0.3, -0.25) is 4.79 Å². The Balaban J connectivity index is 1.29. The third-order valence-electron chi connectivity index (χ3n) is 6.62. The summed E-state index contributed by atoms with van der Waals surface area (Å²) in [6.07, 6.45) is 1.16. The number of hydrogen-bond acceptors (Lipinski definition) is 3. The minimum atomic E-state index is -0.477. The van der Waals surface area contributed by atoms with Crippen LogP contribution >= 0.6 is 0 Å². The van der Waals surface area contributed by atoms with Gasteiger partial charge in [0.25, 0.3) is 0 Å². The number of esters is 1. The van der Waals surface area contributed by atoms with Crippen molar-refractivity contribution in [2.45, 2.75) is 19.4 Å². The molecule has 1 unspecified atom stereocenters. The summed E-state index contributed by atoms with van der Waals surface area (Å²) in [5.74, 6) is -1.000. The van der Waals surface area contributed by atoms with Crippen molar-refractivity contribution in [3.8, 4) is 11.1 Å². The molecule has 5 rings (SSSR count). The highest BCUT2D eigenvalue weighted by Crippen LogP contribution is 2.32. The highest BCUT2D eigenvalue weighted by molar-refractivity contribution is 5.99. The molecule has 0 saturated heterocycles. The van der Waals surface area contributed by atoms with E-state index in [0.717, 1.165) is 27.9 Å². The lowest BCUT2D eigenvalue weighted by Gasteiger charge is -2.32. The van der Waals surface area contributed by atoms with Crippen molar-refractivity contribution in [1.29, 1.82) is 0 Å². The Morgan fingerprint density at radius 2 is 1.64 bits per heavy atom. The van der Waals surface area contributed by atoms with Crippen LogP contribution in [0.25, 0.3) is 11.1 Å². The van der Waals surface area contributed by atoms with Crippen LogP contribution in [0.2, 0.25) is 0 Å². The van der Waals surface area contributed by atoms with Gasteiger partial charge in [0, 0.05) is 18.7 Å². The van der Waals surface area contributed by atoms with E-state index in [2.05, 4.69) is 36.4 Å². The van der Waals surface area contributed by atoms with Crippen molar-refractivity contribution in [2.75, 3.05) is 11.9 Å². The first-order valence-electron chi connectivity index (χ1n) is 11.9. The molecule has 0 bridgehead atoms. The standard InChI is InChI=1S/C31H26FNO3/c1-33-29-15-14-25(31(35)36-20-22-6-5-9-28(32)17-22)18-26(29)19-27(30(33)34)16-21-10-12-24(13-11-21)23-7-3-2-4-8-23/h2-15,17-18,27H,16,19-20H2,1H3. The minimum Gasteiger partial charge on any atom is -0.457 e. The lowest BCUT2D eigenvalue weighted by atomic mass is 9.86. The lowest BCUT2D eigenvalue weighted by molar-refractivity contribution is -0.122. The zero-order valence-corrected chi connectivity index (χ0v) is 20.0. The minimum absolute atomic E-state index is 0.00628. The number of nitrogens with zero attached hydrogens (tertiary/aromatic N) is 1. The van der Waals surface area contributed by atoms with Crippen LogP contribution in [0, 0.1) is 11.7 Å². The van der Waals surface area contributed by atoms with E-state index in [1.165, 1.54) is 12.1 Å². The fraction of sp³-hybridized carbons (Fsp3) is 0.161. The van der Waals surface area contributed by atoms with Crippen molar-refractivity contribution in [3.05, 3.63) is 125 Å². The number of amides is 1. The van der Waals surface area contributed by atoms with Gasteiger partial charge in [-0.2, -0.15) is 0 Å². The van der Waals surface area contributed by atoms with Crippen molar-refractivity contribution in [1.82, 2.24) is 0 Å². The zero-order valence-electron chi connectivity index (χ0n) is 20.0. The maximum atomic E-state index is 13.4. The highest BCUT2D eigenvalue weighted by atomic mass is 19.1. The smallest absolute Gasteiger partial charge is 0.338 e. The van der Waals surface area contributed by atoms with Crippen molar-refractivity contribution < 1.29 is 18.7 Å². The van der Waals surface area contributed by atoms with Gasteiger partial charge < -0.3 is 9.64 Å². The molecule has 0 spiro atoms. The first kappa shape index (κ1) is 23.5. The molecule has 0 aromatic heterocycles. The lowest BCUT2D eigenvalue weighted by Crippen LogP contribution is -2.39. The third kappa shape index (κ3) is 5.05. The average Bonchev–Trinajstić information content (AvgIpc) is 2.91. The second-order valence-electron chi connectivity index (χ2n) is 9.11. The molecule has 0 saturated carbocycles. The number of ether oxygens (including phenoxy) is 1. The Labute approximate surface area is 210 Å². The molecule has 36 heavy (non-hydrogen) atoms. The van der Waals surface area contributed by atoms with Crippen molar-refractivity contribution >= 4 is 17.6 Å². The third-order valence-corrected chi connectivity index (χ3v) is 6.62. The molecule has 180 valence electrons. The second kappa shape index (κ2) is 10.2. The Morgan fingerprint density at radius 1 is 0.889 bits per heavy atom. The predicted molar refractivity (Wildman–Crippen MR) is 138 cm³/mol. The van der Waals surface area contributed by atoms with E-state index >= 15 is 0 Å². The number of hydrogen-bond donors (Lipinski definition) is 0. The number of anilines is 1. The van der Waals surface area contributed by atoms with Crippen LogP contribution in [-0.4, -0.2) is 18.9 Å². The molecule has 1 heterocycles. The van der Waals surface area contributed by atoms with Crippen LogP contribution in [0.3, 0.4) is 0 Å². The van der Waals surface area contributed by atoms with Crippen LogP contribution in [-0.2, 0) is 29.0 Å². The summed E-state index contributed by atoms with van der Waals surface area (Å²) in [4.78, 5) is 27.4. The summed E-state index contributed by atoms with van der Waals surface area (Å²) in [5, 5.41) is 0. The molecule has 0 radical (unpaired) electrons. The fourth-order valence-electron chi connectivity index (χ4n) is 4.72. The summed E-state index contributed by atoms with van der Waals surface area (Å²) in [6, 6.07) is 29.7. The van der Waals surface area contributed by atoms with Gasteiger partial charge in [0.1, 0.15) is 12.4 Å². The normalized spacial score (nSPS) is 14.9. The van der Waals surface area contributed by atoms with Crippen LogP contribution in [0.15, 0.2) is 97.1 Å². The summed E-state index contributed by atoms with van der Waals surface area (Å²) >= 11 is 0. The molecule has 1 aliphatic rings. The maximum Gasteiger partial charge on any atom is 0.338 e. The highest BCUT2D eigenvalue weighted by Gasteiger charge is 2.31. The first-order chi connectivity index (χ1) is 17.5. The molecule has 0 aliphatic carbocycles. The van der Waals surface area contributed by atoms with Crippen LogP contribution in [0.4, 0.5) is 10.1 Å². The molecule has 1 amide bonds. The first-order valence-corrected chi connectivity index (χ1v) is 11.9. The van der Waals surface area contributed by atoms with E-state index in [4.69, 9.17) is 4.74 Å². The van der Waals surface area contributed by atoms with E-state index in [9.17, 15) is 14.0 Å². The molecule has 5 heteroatoms. The van der Waals surface area contributed by atoms with Crippen molar-refractivity contribution in [2.24, 2.45) is 5.92 Å². The molecule has 0 N–H and O–H groups in total. The Bertz CT molecular complexity index is 1400. The van der Waals surface area contributed by atoms with Crippen molar-refractivity contribution in [3.63, 3.8) is 0 Å². The van der Waals surface area contributed by atoms with E-state index in [1.54, 1.807) is 42.3 Å². The van der Waals surface area contributed by atoms with E-state index in [-0.39, 0.29) is 24.2 Å². The van der Waals surface area contributed by atoms with Gasteiger partial charge in [-0.25, -0.2) is 9.18 Å². The fourth-order valence-corrected chi connectivity index (χ4v) is 4.72. The number of rotatable bonds is 6. The molecule has 4 aromatic carbocycles. The number of carbonyl (C=O) groups is 2. The van der Waals surface area contributed by atoms with Gasteiger partial charge >= 0.3 is 5.97 Å². The Hall–Kier alpha value is -4.25. The quantitative estimate of drug-likeness (QED) is 0.308. The number of halogens is 1. The summed E-state index contributed by atoms with van der Waals surface area (Å²) in [7, 11) is 1.77. The van der Waals surface area contributed by atoms with E-state index in [0.29, 0.717) is 24.0 Å². The van der Waals surface area contributed by atoms with Crippen LogP contribution < -0.4 is 4.90 Å². The molecule has 1 aliphatic heterocycles. The van der Waals surface area contributed by atoms with E-state index < -0.39 is 5.97 Å². The van der Waals surface area contributed by atoms with Gasteiger partial charge in [-0.1, -0.05) is 66.7 Å². The Kier molecular flexibility index (Phi) is 6.63. The van der Waals surface area contributed by atoms with Crippen LogP contribution in [0.5, 0.6) is 0 Å². The molecule has 4 aromatic rings. The topological polar surface area (TPSA) is 46.6 Å². The second-order valence-corrected chi connectivity index (χ2v) is 9.11. The maximum absolute atomic E-state index is 13.4. The summed E-state index contributed by atoms with van der Waals surface area (Å²) in [6.45, 7) is -0.00628. The molecular formula is C31H26FNO3. The van der Waals surface area contributed by atoms with Gasteiger partial charge in [-0.05, 0) is 71.0 Å². The average molecular weight is 480 g/mol. The van der Waals surface area contributed by atoms with Gasteiger partial charge in [0.2, 0.25) is 5.91 Å². The van der Waals surface area contributed by atoms with Gasteiger partial charge in [-0.15, -0.1) is 0 Å². The van der Waals surface area contributed by atoms with Gasteiger partial charge in [0.05, 0.1) is 5.56 Å². The molecule has 0 fully saturated rings. The molecular weight excluding hydrogens is 453 g/mol. The molecule has 4 nitrogen and oxygen atoms in total. The monoisotopic (exact) mass is 479 g/mol. The summed E-state index contributed by atoms with van der Waals surface area (Å²) in [5.41, 5.74) is 6.13.